The van der Waals surface area contributed by atoms with Crippen molar-refractivity contribution in [2.24, 2.45) is 5.92 Å². The first kappa shape index (κ1) is 17.2. The van der Waals surface area contributed by atoms with Crippen LogP contribution in [-0.2, 0) is 6.54 Å². The first-order valence-corrected chi connectivity index (χ1v) is 7.65. The Kier molecular flexibility index (Phi) is 7.82. The first-order chi connectivity index (χ1) is 9.49. The second-order valence-corrected chi connectivity index (χ2v) is 6.21. The maximum absolute atomic E-state index is 10.2. The third-order valence-electron chi connectivity index (χ3n) is 3.34. The van der Waals surface area contributed by atoms with Crippen molar-refractivity contribution >= 4 is 0 Å². The van der Waals surface area contributed by atoms with E-state index in [0.29, 0.717) is 25.0 Å². The van der Waals surface area contributed by atoms with Gasteiger partial charge in [-0.25, -0.2) is 0 Å². The van der Waals surface area contributed by atoms with Gasteiger partial charge in [0.2, 0.25) is 0 Å². The lowest BCUT2D eigenvalue weighted by molar-refractivity contribution is 0.0896. The van der Waals surface area contributed by atoms with E-state index in [1.807, 2.05) is 6.07 Å². The highest BCUT2D eigenvalue weighted by Crippen LogP contribution is 2.08. The van der Waals surface area contributed by atoms with Crippen LogP contribution in [0.1, 0.15) is 33.3 Å². The van der Waals surface area contributed by atoms with Crippen molar-refractivity contribution in [1.82, 2.24) is 10.2 Å². The third-order valence-corrected chi connectivity index (χ3v) is 3.34. The van der Waals surface area contributed by atoms with Gasteiger partial charge in [0, 0.05) is 25.7 Å². The van der Waals surface area contributed by atoms with E-state index in [9.17, 15) is 5.11 Å². The van der Waals surface area contributed by atoms with Gasteiger partial charge in [-0.15, -0.1) is 0 Å². The average molecular weight is 278 g/mol. The smallest absolute Gasteiger partial charge is 0.0791 e. The van der Waals surface area contributed by atoms with Crippen LogP contribution in [0.4, 0.5) is 0 Å². The minimum Gasteiger partial charge on any atom is -0.390 e. The zero-order chi connectivity index (χ0) is 15.0. The standard InChI is InChI=1S/C17H30N2O/c1-14(2)10-18-11-17(20)13-19(15(3)4)12-16-8-6-5-7-9-16/h5-9,14-15,17-18,20H,10-13H2,1-4H3. The largest absolute Gasteiger partial charge is 0.390 e. The zero-order valence-electron chi connectivity index (χ0n) is 13.3. The molecule has 0 bridgehead atoms. The van der Waals surface area contributed by atoms with Gasteiger partial charge in [0.25, 0.3) is 0 Å². The summed E-state index contributed by atoms with van der Waals surface area (Å²) in [5.41, 5.74) is 1.29. The number of hydrogen-bond acceptors (Lipinski definition) is 3. The third kappa shape index (κ3) is 7.04. The number of nitrogens with one attached hydrogen (secondary N) is 1. The Bertz CT molecular complexity index is 351. The molecule has 3 nitrogen and oxygen atoms in total. The van der Waals surface area contributed by atoms with E-state index in [1.165, 1.54) is 5.56 Å². The molecule has 114 valence electrons. The van der Waals surface area contributed by atoms with Gasteiger partial charge in [-0.1, -0.05) is 44.2 Å². The SMILES string of the molecule is CC(C)CNCC(O)CN(Cc1ccccc1)C(C)C. The number of aliphatic hydroxyl groups excluding tert-OH is 1. The van der Waals surface area contributed by atoms with Gasteiger partial charge in [0.05, 0.1) is 6.10 Å². The predicted molar refractivity (Wildman–Crippen MR) is 85.7 cm³/mol. The fraction of sp³-hybridized carbons (Fsp3) is 0.647. The molecule has 0 heterocycles. The molecule has 0 aliphatic heterocycles. The molecule has 20 heavy (non-hydrogen) atoms. The van der Waals surface area contributed by atoms with Crippen molar-refractivity contribution < 1.29 is 5.11 Å². The Hall–Kier alpha value is -0.900. The van der Waals surface area contributed by atoms with Crippen LogP contribution in [0.15, 0.2) is 30.3 Å². The molecule has 3 heteroatoms. The second kappa shape index (κ2) is 9.11. The normalized spacial score (nSPS) is 13.4. The molecule has 0 aromatic heterocycles. The van der Waals surface area contributed by atoms with Crippen molar-refractivity contribution in [3.05, 3.63) is 35.9 Å². The average Bonchev–Trinajstić information content (AvgIpc) is 2.38. The number of rotatable bonds is 9. The molecule has 2 N–H and O–H groups in total. The van der Waals surface area contributed by atoms with Crippen LogP contribution in [0.3, 0.4) is 0 Å². The van der Waals surface area contributed by atoms with Gasteiger partial charge in [-0.3, -0.25) is 4.90 Å². The summed E-state index contributed by atoms with van der Waals surface area (Å²) in [6, 6.07) is 10.9. The molecule has 0 aliphatic carbocycles. The second-order valence-electron chi connectivity index (χ2n) is 6.21. The molecule has 0 radical (unpaired) electrons. The molecule has 0 spiro atoms. The van der Waals surface area contributed by atoms with Crippen molar-refractivity contribution in [3.8, 4) is 0 Å². The molecule has 0 saturated heterocycles. The van der Waals surface area contributed by atoms with E-state index in [-0.39, 0.29) is 6.10 Å². The maximum atomic E-state index is 10.2. The van der Waals surface area contributed by atoms with Gasteiger partial charge in [0.1, 0.15) is 0 Å². The van der Waals surface area contributed by atoms with Crippen molar-refractivity contribution in [2.75, 3.05) is 19.6 Å². The monoisotopic (exact) mass is 278 g/mol. The summed E-state index contributed by atoms with van der Waals surface area (Å²) in [6.07, 6.45) is -0.320. The Morgan fingerprint density at radius 1 is 1.05 bits per heavy atom. The molecule has 1 atom stereocenters. The minimum atomic E-state index is -0.320. The summed E-state index contributed by atoms with van der Waals surface area (Å²) in [7, 11) is 0. The Balaban J connectivity index is 2.42. The molecule has 1 aromatic carbocycles. The molecule has 1 unspecified atom stereocenters. The quantitative estimate of drug-likeness (QED) is 0.728. The summed E-state index contributed by atoms with van der Waals surface area (Å²) < 4.78 is 0. The summed E-state index contributed by atoms with van der Waals surface area (Å²) in [4.78, 5) is 2.32. The first-order valence-electron chi connectivity index (χ1n) is 7.65. The van der Waals surface area contributed by atoms with Gasteiger partial charge in [-0.05, 0) is 31.9 Å². The van der Waals surface area contributed by atoms with Gasteiger partial charge < -0.3 is 10.4 Å². The summed E-state index contributed by atoms with van der Waals surface area (Å²) >= 11 is 0. The van der Waals surface area contributed by atoms with Crippen LogP contribution in [0.2, 0.25) is 0 Å². The van der Waals surface area contributed by atoms with Crippen LogP contribution < -0.4 is 5.32 Å². The van der Waals surface area contributed by atoms with E-state index in [1.54, 1.807) is 0 Å². The lowest BCUT2D eigenvalue weighted by Crippen LogP contribution is -2.41. The number of nitrogens with zero attached hydrogens (tertiary/aromatic N) is 1. The van der Waals surface area contributed by atoms with Crippen LogP contribution >= 0.6 is 0 Å². The fourth-order valence-electron chi connectivity index (χ4n) is 2.15. The van der Waals surface area contributed by atoms with Crippen molar-refractivity contribution in [2.45, 2.75) is 46.4 Å². The highest BCUT2D eigenvalue weighted by atomic mass is 16.3. The van der Waals surface area contributed by atoms with E-state index >= 15 is 0 Å². The molecule has 0 aliphatic rings. The lowest BCUT2D eigenvalue weighted by Gasteiger charge is -2.29. The molecule has 1 rings (SSSR count). The number of benzene rings is 1. The zero-order valence-corrected chi connectivity index (χ0v) is 13.3. The molecule has 1 aromatic rings. The number of aliphatic hydroxyl groups is 1. The van der Waals surface area contributed by atoms with E-state index < -0.39 is 0 Å². The van der Waals surface area contributed by atoms with E-state index in [4.69, 9.17) is 0 Å². The highest BCUT2D eigenvalue weighted by molar-refractivity contribution is 5.14. The van der Waals surface area contributed by atoms with Crippen LogP contribution in [-0.4, -0.2) is 41.8 Å². The van der Waals surface area contributed by atoms with Gasteiger partial charge in [-0.2, -0.15) is 0 Å². The van der Waals surface area contributed by atoms with Crippen molar-refractivity contribution in [1.29, 1.82) is 0 Å². The van der Waals surface area contributed by atoms with E-state index in [2.05, 4.69) is 62.2 Å². The topological polar surface area (TPSA) is 35.5 Å². The van der Waals surface area contributed by atoms with Crippen LogP contribution in [0.5, 0.6) is 0 Å². The van der Waals surface area contributed by atoms with Gasteiger partial charge >= 0.3 is 0 Å². The lowest BCUT2D eigenvalue weighted by atomic mass is 10.1. The Labute approximate surface area is 124 Å². The molecule has 0 saturated carbocycles. The van der Waals surface area contributed by atoms with Crippen LogP contribution in [0.25, 0.3) is 0 Å². The number of hydrogen-bond donors (Lipinski definition) is 2. The van der Waals surface area contributed by atoms with Crippen LogP contribution in [0, 0.1) is 5.92 Å². The fourth-order valence-corrected chi connectivity index (χ4v) is 2.15. The van der Waals surface area contributed by atoms with E-state index in [0.717, 1.165) is 13.1 Å². The molecule has 0 fully saturated rings. The van der Waals surface area contributed by atoms with Gasteiger partial charge in [0.15, 0.2) is 0 Å². The highest BCUT2D eigenvalue weighted by Gasteiger charge is 2.15. The Morgan fingerprint density at radius 2 is 1.70 bits per heavy atom. The molecule has 0 amide bonds. The molecular formula is C17H30N2O. The molecular weight excluding hydrogens is 248 g/mol. The predicted octanol–water partition coefficient (Wildman–Crippen LogP) is 2.50. The van der Waals surface area contributed by atoms with Crippen molar-refractivity contribution in [3.63, 3.8) is 0 Å². The summed E-state index contributed by atoms with van der Waals surface area (Å²) in [5.74, 6) is 0.618. The minimum absolute atomic E-state index is 0.320. The maximum Gasteiger partial charge on any atom is 0.0791 e. The Morgan fingerprint density at radius 3 is 2.25 bits per heavy atom. The summed E-state index contributed by atoms with van der Waals surface area (Å²) in [5, 5.41) is 13.5. The summed E-state index contributed by atoms with van der Waals surface area (Å²) in [6.45, 7) is 11.9.